The molecule has 0 aromatic carbocycles. The topological polar surface area (TPSA) is 73.1 Å². The van der Waals surface area contributed by atoms with Crippen LogP contribution in [0, 0.1) is 6.92 Å². The lowest BCUT2D eigenvalue weighted by molar-refractivity contribution is 0.230. The third-order valence-electron chi connectivity index (χ3n) is 1.52. The summed E-state index contributed by atoms with van der Waals surface area (Å²) in [5.41, 5.74) is 3.30. The highest BCUT2D eigenvalue weighted by Crippen LogP contribution is 2.19. The quantitative estimate of drug-likeness (QED) is 0.535. The molecule has 0 radical (unpaired) electrons. The van der Waals surface area contributed by atoms with E-state index in [2.05, 4.69) is 15.4 Å². The third kappa shape index (κ3) is 2.29. The van der Waals surface area contributed by atoms with Crippen molar-refractivity contribution < 1.29 is 4.74 Å². The van der Waals surface area contributed by atoms with Crippen LogP contribution in [0.3, 0.4) is 0 Å². The van der Waals surface area contributed by atoms with Gasteiger partial charge in [-0.1, -0.05) is 0 Å². The van der Waals surface area contributed by atoms with Crippen molar-refractivity contribution in [2.24, 2.45) is 5.84 Å². The molecule has 0 spiro atoms. The maximum absolute atomic E-state index is 5.44. The summed E-state index contributed by atoms with van der Waals surface area (Å²) >= 11 is 0. The van der Waals surface area contributed by atoms with Crippen LogP contribution in [-0.4, -0.2) is 16.1 Å². The Hall–Kier alpha value is -1.36. The number of nitrogens with zero attached hydrogens (tertiary/aromatic N) is 2. The van der Waals surface area contributed by atoms with Gasteiger partial charge in [0.25, 0.3) is 0 Å². The predicted octanol–water partition coefficient (Wildman–Crippen LogP) is 0.858. The standard InChI is InChI=1S/C8H14N4O/c1-5(2)13-8-6(3)7(12-9)10-4-11-8/h4-5H,9H2,1-3H3,(H,10,11,12). The molecule has 0 aliphatic rings. The summed E-state index contributed by atoms with van der Waals surface area (Å²) in [4.78, 5) is 7.94. The fraction of sp³-hybridized carbons (Fsp3) is 0.500. The van der Waals surface area contributed by atoms with Gasteiger partial charge in [-0.3, -0.25) is 0 Å². The zero-order valence-corrected chi connectivity index (χ0v) is 8.03. The summed E-state index contributed by atoms with van der Waals surface area (Å²) < 4.78 is 5.44. The molecular formula is C8H14N4O. The molecular weight excluding hydrogens is 168 g/mol. The van der Waals surface area contributed by atoms with Crippen molar-refractivity contribution in [3.05, 3.63) is 11.9 Å². The highest BCUT2D eigenvalue weighted by molar-refractivity contribution is 5.46. The highest BCUT2D eigenvalue weighted by atomic mass is 16.5. The van der Waals surface area contributed by atoms with E-state index >= 15 is 0 Å². The number of rotatable bonds is 3. The van der Waals surface area contributed by atoms with Crippen molar-refractivity contribution in [2.75, 3.05) is 5.43 Å². The van der Waals surface area contributed by atoms with Crippen molar-refractivity contribution >= 4 is 5.82 Å². The van der Waals surface area contributed by atoms with Crippen LogP contribution in [0.2, 0.25) is 0 Å². The Morgan fingerprint density at radius 1 is 1.46 bits per heavy atom. The second-order valence-electron chi connectivity index (χ2n) is 2.96. The number of nitrogens with two attached hydrogens (primary N) is 1. The molecule has 72 valence electrons. The molecule has 5 nitrogen and oxygen atoms in total. The van der Waals surface area contributed by atoms with Gasteiger partial charge >= 0.3 is 0 Å². The molecule has 0 saturated heterocycles. The van der Waals surface area contributed by atoms with Gasteiger partial charge in [0.05, 0.1) is 11.7 Å². The number of aromatic nitrogens is 2. The van der Waals surface area contributed by atoms with Crippen LogP contribution in [0.5, 0.6) is 5.88 Å². The molecule has 0 saturated carbocycles. The van der Waals surface area contributed by atoms with Crippen LogP contribution in [0.4, 0.5) is 5.82 Å². The van der Waals surface area contributed by atoms with E-state index in [9.17, 15) is 0 Å². The first-order chi connectivity index (χ1) is 6.15. The summed E-state index contributed by atoms with van der Waals surface area (Å²) in [5.74, 6) is 6.41. The van der Waals surface area contributed by atoms with E-state index in [0.29, 0.717) is 11.7 Å². The molecule has 3 N–H and O–H groups in total. The fourth-order valence-corrected chi connectivity index (χ4v) is 0.922. The highest BCUT2D eigenvalue weighted by Gasteiger charge is 2.07. The van der Waals surface area contributed by atoms with Crippen LogP contribution in [0.25, 0.3) is 0 Å². The molecule has 0 aliphatic carbocycles. The molecule has 1 heterocycles. The number of hydrogen-bond acceptors (Lipinski definition) is 5. The van der Waals surface area contributed by atoms with Crippen LogP contribution >= 0.6 is 0 Å². The number of nitrogens with one attached hydrogen (secondary N) is 1. The van der Waals surface area contributed by atoms with E-state index < -0.39 is 0 Å². The van der Waals surface area contributed by atoms with Crippen molar-refractivity contribution in [1.29, 1.82) is 0 Å². The molecule has 1 rings (SSSR count). The first-order valence-electron chi connectivity index (χ1n) is 4.10. The van der Waals surface area contributed by atoms with E-state index in [4.69, 9.17) is 10.6 Å². The summed E-state index contributed by atoms with van der Waals surface area (Å²) in [5, 5.41) is 0. The number of ether oxygens (including phenoxy) is 1. The lowest BCUT2D eigenvalue weighted by Crippen LogP contribution is -2.13. The van der Waals surface area contributed by atoms with E-state index in [1.54, 1.807) is 0 Å². The Balaban J connectivity index is 2.94. The molecule has 0 bridgehead atoms. The van der Waals surface area contributed by atoms with Crippen LogP contribution in [0.1, 0.15) is 19.4 Å². The Kier molecular flexibility index (Phi) is 3.02. The molecule has 13 heavy (non-hydrogen) atoms. The van der Waals surface area contributed by atoms with Gasteiger partial charge in [0, 0.05) is 0 Å². The van der Waals surface area contributed by atoms with Crippen LogP contribution in [0.15, 0.2) is 6.33 Å². The molecule has 0 amide bonds. The van der Waals surface area contributed by atoms with Crippen molar-refractivity contribution in [3.8, 4) is 5.88 Å². The Bertz CT molecular complexity index is 287. The minimum atomic E-state index is 0.0965. The molecule has 0 aliphatic heterocycles. The first kappa shape index (κ1) is 9.73. The molecule has 0 atom stereocenters. The largest absolute Gasteiger partial charge is 0.475 e. The minimum absolute atomic E-state index is 0.0965. The maximum atomic E-state index is 5.44. The van der Waals surface area contributed by atoms with Gasteiger partial charge in [-0.05, 0) is 20.8 Å². The van der Waals surface area contributed by atoms with E-state index in [1.807, 2.05) is 20.8 Å². The molecule has 1 aromatic rings. The third-order valence-corrected chi connectivity index (χ3v) is 1.52. The second kappa shape index (κ2) is 4.04. The average molecular weight is 182 g/mol. The number of hydrazine groups is 1. The van der Waals surface area contributed by atoms with Crippen LogP contribution in [-0.2, 0) is 0 Å². The zero-order chi connectivity index (χ0) is 9.84. The molecule has 1 aromatic heterocycles. The van der Waals surface area contributed by atoms with Gasteiger partial charge in [0.15, 0.2) is 0 Å². The van der Waals surface area contributed by atoms with Crippen LogP contribution < -0.4 is 16.0 Å². The van der Waals surface area contributed by atoms with Gasteiger partial charge in [-0.15, -0.1) is 0 Å². The maximum Gasteiger partial charge on any atom is 0.221 e. The minimum Gasteiger partial charge on any atom is -0.475 e. The average Bonchev–Trinajstić information content (AvgIpc) is 2.08. The zero-order valence-electron chi connectivity index (χ0n) is 8.03. The predicted molar refractivity (Wildman–Crippen MR) is 50.3 cm³/mol. The Morgan fingerprint density at radius 3 is 2.69 bits per heavy atom. The first-order valence-corrected chi connectivity index (χ1v) is 4.10. The van der Waals surface area contributed by atoms with Gasteiger partial charge in [-0.2, -0.15) is 0 Å². The van der Waals surface area contributed by atoms with Gasteiger partial charge in [0.1, 0.15) is 12.1 Å². The van der Waals surface area contributed by atoms with Crippen molar-refractivity contribution in [2.45, 2.75) is 26.9 Å². The number of hydrogen-bond donors (Lipinski definition) is 2. The molecule has 0 fully saturated rings. The Morgan fingerprint density at radius 2 is 2.15 bits per heavy atom. The normalized spacial score (nSPS) is 10.2. The summed E-state index contributed by atoms with van der Waals surface area (Å²) in [6, 6.07) is 0. The van der Waals surface area contributed by atoms with Crippen molar-refractivity contribution in [3.63, 3.8) is 0 Å². The van der Waals surface area contributed by atoms with E-state index in [0.717, 1.165) is 5.56 Å². The number of anilines is 1. The summed E-state index contributed by atoms with van der Waals surface area (Å²) in [6.07, 6.45) is 1.51. The van der Waals surface area contributed by atoms with E-state index in [-0.39, 0.29) is 6.10 Å². The molecule has 5 heteroatoms. The monoisotopic (exact) mass is 182 g/mol. The smallest absolute Gasteiger partial charge is 0.221 e. The summed E-state index contributed by atoms with van der Waals surface area (Å²) in [7, 11) is 0. The fourth-order valence-electron chi connectivity index (χ4n) is 0.922. The lowest BCUT2D eigenvalue weighted by atomic mass is 10.3. The Labute approximate surface area is 77.3 Å². The SMILES string of the molecule is Cc1c(NN)ncnc1OC(C)C. The van der Waals surface area contributed by atoms with Gasteiger partial charge < -0.3 is 10.2 Å². The number of nitrogen functional groups attached to an aromatic ring is 1. The lowest BCUT2D eigenvalue weighted by Gasteiger charge is -2.12. The summed E-state index contributed by atoms with van der Waals surface area (Å²) in [6.45, 7) is 5.74. The molecule has 0 unspecified atom stereocenters. The van der Waals surface area contributed by atoms with Gasteiger partial charge in [0.2, 0.25) is 5.88 Å². The second-order valence-corrected chi connectivity index (χ2v) is 2.96. The van der Waals surface area contributed by atoms with Crippen molar-refractivity contribution in [1.82, 2.24) is 9.97 Å². The van der Waals surface area contributed by atoms with Gasteiger partial charge in [-0.25, -0.2) is 15.8 Å². The van der Waals surface area contributed by atoms with E-state index in [1.165, 1.54) is 6.33 Å².